The third-order valence-electron chi connectivity index (χ3n) is 9.95. The molecule has 16 heteroatoms. The van der Waals surface area contributed by atoms with E-state index in [0.717, 1.165) is 28.4 Å². The van der Waals surface area contributed by atoms with Crippen molar-refractivity contribution in [2.45, 2.75) is 126 Å². The summed E-state index contributed by atoms with van der Waals surface area (Å²) in [5.74, 6) is -2.49. The van der Waals surface area contributed by atoms with Crippen LogP contribution in [0, 0.1) is 5.92 Å². The number of allylic oxidation sites excluding steroid dienone is 1. The van der Waals surface area contributed by atoms with Crippen LogP contribution in [0.5, 0.6) is 0 Å². The van der Waals surface area contributed by atoms with Gasteiger partial charge in [-0.05, 0) is 82.6 Å². The molecule has 2 aliphatic carbocycles. The van der Waals surface area contributed by atoms with Gasteiger partial charge < -0.3 is 25.0 Å². The van der Waals surface area contributed by atoms with Gasteiger partial charge in [0.1, 0.15) is 29.3 Å². The zero-order valence-corrected chi connectivity index (χ0v) is 31.5. The van der Waals surface area contributed by atoms with E-state index in [4.69, 9.17) is 9.47 Å². The summed E-state index contributed by atoms with van der Waals surface area (Å²) in [5.41, 5.74) is -0.377. The number of halogens is 1. The predicted octanol–water partition coefficient (Wildman–Crippen LogP) is 3.77. The van der Waals surface area contributed by atoms with Crippen LogP contribution in [0.25, 0.3) is 0 Å². The lowest BCUT2D eigenvalue weighted by Crippen LogP contribution is -2.58. The lowest BCUT2D eigenvalue weighted by Gasteiger charge is -2.30. The van der Waals surface area contributed by atoms with Gasteiger partial charge in [-0.1, -0.05) is 47.0 Å². The number of carbonyl (C=O) groups excluding carboxylic acids is 5. The van der Waals surface area contributed by atoms with Crippen molar-refractivity contribution in [2.75, 3.05) is 6.54 Å². The Hall–Kier alpha value is -3.66. The zero-order valence-electron chi connectivity index (χ0n) is 29.1. The molecule has 2 saturated carbocycles. The fraction of sp³-hybridized carbons (Fsp3) is 0.629. The average Bonchev–Trinajstić information content (AvgIpc) is 3.93. The summed E-state index contributed by atoms with van der Waals surface area (Å²) < 4.78 is 39.9. The number of ether oxygens (including phenoxy) is 2. The van der Waals surface area contributed by atoms with E-state index in [9.17, 15) is 32.4 Å². The summed E-state index contributed by atoms with van der Waals surface area (Å²) >= 11 is 3.46. The Morgan fingerprint density at radius 3 is 2.51 bits per heavy atom. The van der Waals surface area contributed by atoms with Crippen LogP contribution in [-0.2, 0) is 47.0 Å². The zero-order chi connectivity index (χ0) is 36.7. The summed E-state index contributed by atoms with van der Waals surface area (Å²) in [6.45, 7) is 5.69. The van der Waals surface area contributed by atoms with E-state index in [1.165, 1.54) is 4.90 Å². The molecule has 0 bridgehead atoms. The van der Waals surface area contributed by atoms with Crippen molar-refractivity contribution < 1.29 is 41.9 Å². The number of hydrogen-bond acceptors (Lipinski definition) is 9. The molecule has 3 N–H and O–H groups in total. The molecule has 0 spiro atoms. The van der Waals surface area contributed by atoms with Gasteiger partial charge in [0.05, 0.1) is 11.8 Å². The van der Waals surface area contributed by atoms with Crippen molar-refractivity contribution >= 4 is 55.9 Å². The number of nitrogens with one attached hydrogen (secondary N) is 3. The Bertz CT molecular complexity index is 1730. The molecule has 0 unspecified atom stereocenters. The number of benzene rings is 1. The second-order valence-corrected chi connectivity index (χ2v) is 18.1. The van der Waals surface area contributed by atoms with E-state index in [1.54, 1.807) is 25.7 Å². The molecule has 5 amide bonds. The van der Waals surface area contributed by atoms with Gasteiger partial charge in [0, 0.05) is 29.9 Å². The molecular formula is C35H46BrN5O9S. The standard InChI is InChI=1S/C35H46BrN5O9S/c1-34(2,3)50-32(45)37-27-10-8-6-4-5-7-9-23-17-35(23,31(44)39-51(47,48)26-13-14-26)38-29(42)28-16-25(20-41(28)30(27)43)49-33(46)40-18-21-11-12-24(36)15-22(21)19-40/h7,9,11-12,15,23,25-28H,4-6,8,10,13-14,16-20H2,1-3H3,(H,37,45)(H,38,42)(H,39,44)/b9-7-/t23-,25+,27-,28-,35+/m0/s1. The summed E-state index contributed by atoms with van der Waals surface area (Å²) in [5, 5.41) is 4.87. The third kappa shape index (κ3) is 8.70. The van der Waals surface area contributed by atoms with E-state index < -0.39 is 80.4 Å². The van der Waals surface area contributed by atoms with Gasteiger partial charge in [-0.15, -0.1) is 0 Å². The average molecular weight is 793 g/mol. The maximum absolute atomic E-state index is 14.3. The van der Waals surface area contributed by atoms with E-state index >= 15 is 0 Å². The minimum atomic E-state index is -3.90. The molecule has 0 radical (unpaired) electrons. The Labute approximate surface area is 306 Å². The van der Waals surface area contributed by atoms with Gasteiger partial charge in [-0.3, -0.25) is 24.0 Å². The SMILES string of the molecule is CC(C)(C)OC(=O)N[C@H]1CCCCC/C=C\[C@H]2C[C@@]2(C(=O)NS(=O)(=O)C2CC2)NC(=O)[C@@H]2C[C@@H](OC(=O)N3Cc4ccc(Br)cc4C3)CN2C1=O. The topological polar surface area (TPSA) is 181 Å². The van der Waals surface area contributed by atoms with Crippen molar-refractivity contribution in [3.8, 4) is 0 Å². The maximum atomic E-state index is 14.3. The molecule has 5 aliphatic rings. The quantitative estimate of drug-likeness (QED) is 0.375. The molecule has 51 heavy (non-hydrogen) atoms. The minimum Gasteiger partial charge on any atom is -0.444 e. The first-order valence-corrected chi connectivity index (χ1v) is 20.0. The van der Waals surface area contributed by atoms with E-state index in [2.05, 4.69) is 31.3 Å². The van der Waals surface area contributed by atoms with Crippen LogP contribution in [-0.4, -0.2) is 89.2 Å². The first-order valence-electron chi connectivity index (χ1n) is 17.6. The highest BCUT2D eigenvalue weighted by Crippen LogP contribution is 2.46. The van der Waals surface area contributed by atoms with Gasteiger partial charge in [0.15, 0.2) is 0 Å². The normalized spacial score (nSPS) is 28.9. The van der Waals surface area contributed by atoms with Crippen molar-refractivity contribution in [1.29, 1.82) is 0 Å². The van der Waals surface area contributed by atoms with Crippen LogP contribution in [0.3, 0.4) is 0 Å². The predicted molar refractivity (Wildman–Crippen MR) is 188 cm³/mol. The number of amides is 5. The molecule has 3 fully saturated rings. The smallest absolute Gasteiger partial charge is 0.410 e. The van der Waals surface area contributed by atoms with Crippen LogP contribution < -0.4 is 15.4 Å². The monoisotopic (exact) mass is 791 g/mol. The third-order valence-corrected chi connectivity index (χ3v) is 12.3. The first kappa shape index (κ1) is 37.1. The molecule has 1 aromatic rings. The Morgan fingerprint density at radius 1 is 1.04 bits per heavy atom. The van der Waals surface area contributed by atoms with Crippen molar-refractivity contribution in [1.82, 2.24) is 25.2 Å². The van der Waals surface area contributed by atoms with Crippen LogP contribution in [0.4, 0.5) is 9.59 Å². The van der Waals surface area contributed by atoms with E-state index in [1.807, 2.05) is 30.4 Å². The van der Waals surface area contributed by atoms with E-state index in [0.29, 0.717) is 38.8 Å². The fourth-order valence-electron chi connectivity index (χ4n) is 7.01. The van der Waals surface area contributed by atoms with Crippen LogP contribution in [0.1, 0.15) is 89.7 Å². The summed E-state index contributed by atoms with van der Waals surface area (Å²) in [7, 11) is -3.90. The highest BCUT2D eigenvalue weighted by molar-refractivity contribution is 9.10. The first-order chi connectivity index (χ1) is 24.0. The van der Waals surface area contributed by atoms with Crippen LogP contribution >= 0.6 is 15.9 Å². The van der Waals surface area contributed by atoms with Gasteiger partial charge in [-0.2, -0.15) is 0 Å². The molecule has 6 rings (SSSR count). The number of sulfonamides is 1. The molecule has 5 atom stereocenters. The summed E-state index contributed by atoms with van der Waals surface area (Å²) in [6.07, 6.45) is 5.66. The summed E-state index contributed by atoms with van der Waals surface area (Å²) in [6, 6.07) is 3.56. The van der Waals surface area contributed by atoms with Gasteiger partial charge >= 0.3 is 12.2 Å². The number of alkyl carbamates (subject to hydrolysis) is 1. The summed E-state index contributed by atoms with van der Waals surface area (Å²) in [4.78, 5) is 71.2. The molecule has 0 aromatic heterocycles. The Balaban J connectivity index is 1.25. The number of fused-ring (bicyclic) bond motifs is 3. The van der Waals surface area contributed by atoms with Gasteiger partial charge in [-0.25, -0.2) is 18.0 Å². The Morgan fingerprint density at radius 2 is 1.78 bits per heavy atom. The molecule has 3 aliphatic heterocycles. The number of carbonyl (C=O) groups is 5. The number of nitrogens with zero attached hydrogens (tertiary/aromatic N) is 2. The molecule has 14 nitrogen and oxygen atoms in total. The van der Waals surface area contributed by atoms with E-state index in [-0.39, 0.29) is 25.8 Å². The molecule has 3 heterocycles. The minimum absolute atomic E-state index is 0.0621. The molecule has 1 aromatic carbocycles. The largest absolute Gasteiger partial charge is 0.444 e. The van der Waals surface area contributed by atoms with Gasteiger partial charge in [0.2, 0.25) is 21.8 Å². The molecule has 278 valence electrons. The fourth-order valence-corrected chi connectivity index (χ4v) is 8.78. The molecular weight excluding hydrogens is 746 g/mol. The highest BCUT2D eigenvalue weighted by atomic mass is 79.9. The number of hydrogen-bond donors (Lipinski definition) is 3. The lowest BCUT2D eigenvalue weighted by atomic mass is 10.0. The van der Waals surface area contributed by atoms with Gasteiger partial charge in [0.25, 0.3) is 5.91 Å². The van der Waals surface area contributed by atoms with Crippen LogP contribution in [0.2, 0.25) is 0 Å². The van der Waals surface area contributed by atoms with Crippen molar-refractivity contribution in [3.63, 3.8) is 0 Å². The van der Waals surface area contributed by atoms with Crippen molar-refractivity contribution in [3.05, 3.63) is 46.0 Å². The molecule has 1 saturated heterocycles. The Kier molecular flexibility index (Phi) is 10.5. The second-order valence-electron chi connectivity index (χ2n) is 15.2. The highest BCUT2D eigenvalue weighted by Gasteiger charge is 2.62. The van der Waals surface area contributed by atoms with Crippen LogP contribution in [0.15, 0.2) is 34.8 Å². The van der Waals surface area contributed by atoms with Crippen molar-refractivity contribution in [2.24, 2.45) is 5.92 Å². The maximum Gasteiger partial charge on any atom is 0.410 e. The number of rotatable bonds is 5. The lowest BCUT2D eigenvalue weighted by molar-refractivity contribution is -0.141. The second kappa shape index (κ2) is 14.4.